The molecule has 0 spiro atoms. The van der Waals surface area contributed by atoms with E-state index in [-0.39, 0.29) is 30.2 Å². The van der Waals surface area contributed by atoms with Crippen LogP contribution >= 0.6 is 0 Å². The van der Waals surface area contributed by atoms with Crippen LogP contribution in [0.2, 0.25) is 0 Å². The van der Waals surface area contributed by atoms with Crippen LogP contribution < -0.4 is 25.1 Å². The number of nitrogens with two attached hydrogens (primary N) is 1. The molecule has 43 heavy (non-hydrogen) atoms. The first-order chi connectivity index (χ1) is 20.4. The van der Waals surface area contributed by atoms with Gasteiger partial charge in [-0.3, -0.25) is 0 Å². The number of methoxy groups -OCH3 is 2. The molecule has 0 bridgehead atoms. The summed E-state index contributed by atoms with van der Waals surface area (Å²) in [6.45, 7) is 5.77. The molecule has 1 fully saturated rings. The number of nitrogens with zero attached hydrogens (tertiary/aromatic N) is 4. The van der Waals surface area contributed by atoms with E-state index in [1.165, 1.54) is 36.3 Å². The smallest absolute Gasteiger partial charge is 0.418 e. The Labute approximate surface area is 247 Å². The molecule has 230 valence electrons. The normalized spacial score (nSPS) is 19.2. The van der Waals surface area contributed by atoms with Crippen LogP contribution in [0.5, 0.6) is 11.5 Å². The van der Waals surface area contributed by atoms with Crippen molar-refractivity contribution in [1.82, 2.24) is 4.90 Å². The maximum Gasteiger partial charge on any atom is 0.418 e. The lowest BCUT2D eigenvalue weighted by molar-refractivity contribution is -0.137. The number of anilines is 2. The second kappa shape index (κ2) is 11.5. The topological polar surface area (TPSA) is 66.6 Å². The number of rotatable bonds is 8. The molecule has 7 nitrogen and oxygen atoms in total. The van der Waals surface area contributed by atoms with Crippen LogP contribution in [0.25, 0.3) is 0 Å². The largest absolute Gasteiger partial charge is 0.497 e. The van der Waals surface area contributed by atoms with Gasteiger partial charge in [0.15, 0.2) is 0 Å². The Bertz CT molecular complexity index is 1490. The molecule has 0 unspecified atom stereocenters. The first-order valence-electron chi connectivity index (χ1n) is 14.0. The Morgan fingerprint density at radius 3 is 2.35 bits per heavy atom. The molecule has 0 aliphatic carbocycles. The lowest BCUT2D eigenvalue weighted by Gasteiger charge is -2.35. The predicted octanol–water partition coefficient (Wildman–Crippen LogP) is 6.87. The van der Waals surface area contributed by atoms with Crippen molar-refractivity contribution in [1.29, 1.82) is 0 Å². The fourth-order valence-corrected chi connectivity index (χ4v) is 5.65. The van der Waals surface area contributed by atoms with E-state index in [1.807, 2.05) is 13.0 Å². The van der Waals surface area contributed by atoms with Crippen molar-refractivity contribution in [3.63, 3.8) is 0 Å². The van der Waals surface area contributed by atoms with E-state index in [9.17, 15) is 22.0 Å². The number of benzene rings is 2. The van der Waals surface area contributed by atoms with Crippen LogP contribution in [0.15, 0.2) is 76.9 Å². The van der Waals surface area contributed by atoms with Gasteiger partial charge in [-0.1, -0.05) is 26.0 Å². The predicted molar refractivity (Wildman–Crippen MR) is 156 cm³/mol. The fraction of sp³-hybridized carbons (Fsp3) is 0.387. The van der Waals surface area contributed by atoms with Crippen LogP contribution in [0, 0.1) is 0 Å². The zero-order valence-corrected chi connectivity index (χ0v) is 24.3. The molecule has 0 atom stereocenters. The van der Waals surface area contributed by atoms with Crippen molar-refractivity contribution >= 4 is 17.1 Å². The van der Waals surface area contributed by atoms with Crippen molar-refractivity contribution in [2.24, 2.45) is 10.8 Å². The molecule has 3 aliphatic rings. The van der Waals surface area contributed by atoms with Crippen LogP contribution in [-0.4, -0.2) is 50.4 Å². The van der Waals surface area contributed by atoms with Crippen molar-refractivity contribution in [3.05, 3.63) is 83.0 Å². The maximum absolute atomic E-state index is 14.6. The quantitative estimate of drug-likeness (QED) is 0.333. The third kappa shape index (κ3) is 5.87. The first-order valence-corrected chi connectivity index (χ1v) is 14.0. The standard InChI is InChI=1S/C31H34F5N5O2/c1-5-6-7-26-29-24(10-12-40(29)19(2)37)28(20-14-22(42-3)17-23(15-20)43-4)38-41(26)27-16-21(8-9-25(27)31(34,35)36)39-13-11-30(32,33)18-39/h7-9,14-17H,2,5-6,10-13,18,37H2,1,3-4H3/b26-7+. The highest BCUT2D eigenvalue weighted by Gasteiger charge is 2.42. The average Bonchev–Trinajstić information content (AvgIpc) is 3.58. The van der Waals surface area contributed by atoms with Gasteiger partial charge in [0.25, 0.3) is 5.92 Å². The summed E-state index contributed by atoms with van der Waals surface area (Å²) in [6, 6.07) is 8.61. The van der Waals surface area contributed by atoms with Crippen molar-refractivity contribution in [2.75, 3.05) is 43.8 Å². The number of unbranched alkanes of at least 4 members (excludes halogenated alkanes) is 1. The summed E-state index contributed by atoms with van der Waals surface area (Å²) in [5.41, 5.74) is 7.99. The van der Waals surface area contributed by atoms with E-state index < -0.39 is 24.2 Å². The lowest BCUT2D eigenvalue weighted by Crippen LogP contribution is -2.34. The zero-order valence-electron chi connectivity index (χ0n) is 24.3. The second-order valence-corrected chi connectivity index (χ2v) is 10.7. The van der Waals surface area contributed by atoms with Gasteiger partial charge in [-0.2, -0.15) is 18.3 Å². The number of ether oxygens (including phenoxy) is 2. The molecule has 12 heteroatoms. The van der Waals surface area contributed by atoms with E-state index in [0.29, 0.717) is 53.6 Å². The minimum atomic E-state index is -4.75. The van der Waals surface area contributed by atoms with Crippen molar-refractivity contribution in [2.45, 2.75) is 44.7 Å². The first kappa shape index (κ1) is 30.2. The number of hydrazone groups is 1. The van der Waals surface area contributed by atoms with E-state index in [2.05, 4.69) is 6.58 Å². The second-order valence-electron chi connectivity index (χ2n) is 10.7. The van der Waals surface area contributed by atoms with Gasteiger partial charge in [0.05, 0.1) is 54.9 Å². The highest BCUT2D eigenvalue weighted by atomic mass is 19.4. The van der Waals surface area contributed by atoms with Crippen molar-refractivity contribution in [3.8, 4) is 11.5 Å². The number of hydrogen-bond acceptors (Lipinski definition) is 7. The summed E-state index contributed by atoms with van der Waals surface area (Å²) in [4.78, 5) is 3.17. The maximum atomic E-state index is 14.6. The van der Waals surface area contributed by atoms with E-state index >= 15 is 0 Å². The van der Waals surface area contributed by atoms with Crippen LogP contribution in [0.4, 0.5) is 33.3 Å². The van der Waals surface area contributed by atoms with Crippen LogP contribution in [0.1, 0.15) is 43.7 Å². The summed E-state index contributed by atoms with van der Waals surface area (Å²) in [6.07, 6.45) is -1.52. The van der Waals surface area contributed by atoms with Crippen LogP contribution in [0.3, 0.4) is 0 Å². The zero-order chi connectivity index (χ0) is 31.1. The highest BCUT2D eigenvalue weighted by Crippen LogP contribution is 2.46. The molecular weight excluding hydrogens is 569 g/mol. The van der Waals surface area contributed by atoms with Gasteiger partial charge in [-0.25, -0.2) is 13.8 Å². The lowest BCUT2D eigenvalue weighted by atomic mass is 9.96. The minimum Gasteiger partial charge on any atom is -0.497 e. The van der Waals surface area contributed by atoms with Gasteiger partial charge in [0.1, 0.15) is 11.5 Å². The Balaban J connectivity index is 1.78. The summed E-state index contributed by atoms with van der Waals surface area (Å²) in [7, 11) is 3.01. The number of alkyl halides is 5. The molecule has 1 saturated heterocycles. The molecular formula is C31H34F5N5O2. The van der Waals surface area contributed by atoms with E-state index in [4.69, 9.17) is 20.3 Å². The Hall–Kier alpha value is -4.22. The summed E-state index contributed by atoms with van der Waals surface area (Å²) in [5, 5.41) is 6.12. The molecule has 2 aromatic rings. The molecule has 0 amide bonds. The van der Waals surface area contributed by atoms with Gasteiger partial charge in [0, 0.05) is 42.4 Å². The fourth-order valence-electron chi connectivity index (χ4n) is 5.65. The SMILES string of the molecule is C=C(N)N1CCC2=C1/C(=C\CCC)N(c1cc(N3CCC(F)(F)C3)ccc1C(F)(F)F)N=C2c1cc(OC)cc(OC)c1. The van der Waals surface area contributed by atoms with E-state index in [1.54, 1.807) is 23.1 Å². The van der Waals surface area contributed by atoms with Gasteiger partial charge < -0.3 is 25.0 Å². The molecule has 5 rings (SSSR count). The molecule has 2 N–H and O–H groups in total. The number of allylic oxidation sites excluding steroid dienone is 1. The van der Waals surface area contributed by atoms with E-state index in [0.717, 1.165) is 18.1 Å². The number of hydrogen-bond donors (Lipinski definition) is 1. The molecule has 3 aliphatic heterocycles. The third-order valence-electron chi connectivity index (χ3n) is 7.75. The molecule has 2 aromatic carbocycles. The highest BCUT2D eigenvalue weighted by molar-refractivity contribution is 6.15. The van der Waals surface area contributed by atoms with Gasteiger partial charge >= 0.3 is 6.18 Å². The average molecular weight is 604 g/mol. The Morgan fingerprint density at radius 2 is 1.79 bits per heavy atom. The van der Waals surface area contributed by atoms with Gasteiger partial charge in [-0.05, 0) is 43.2 Å². The summed E-state index contributed by atoms with van der Waals surface area (Å²) >= 11 is 0. The summed E-state index contributed by atoms with van der Waals surface area (Å²) in [5.74, 6) is -1.74. The Kier molecular flexibility index (Phi) is 8.06. The molecule has 0 aromatic heterocycles. The minimum absolute atomic E-state index is 0.0184. The molecule has 0 saturated carbocycles. The Morgan fingerprint density at radius 1 is 1.09 bits per heavy atom. The summed E-state index contributed by atoms with van der Waals surface area (Å²) < 4.78 is 82.9. The van der Waals surface area contributed by atoms with Gasteiger partial charge in [0.2, 0.25) is 0 Å². The third-order valence-corrected chi connectivity index (χ3v) is 7.75. The molecule has 0 radical (unpaired) electrons. The van der Waals surface area contributed by atoms with Gasteiger partial charge in [-0.15, -0.1) is 0 Å². The van der Waals surface area contributed by atoms with Crippen molar-refractivity contribution < 1.29 is 31.4 Å². The number of halogens is 5. The van der Waals surface area contributed by atoms with Crippen LogP contribution in [-0.2, 0) is 6.18 Å². The molecule has 3 heterocycles. The monoisotopic (exact) mass is 603 g/mol.